The Morgan fingerprint density at radius 1 is 1.23 bits per heavy atom. The van der Waals surface area contributed by atoms with Crippen molar-refractivity contribution in [3.05, 3.63) is 12.2 Å². The molecule has 0 saturated heterocycles. The average Bonchev–Trinajstić information content (AvgIpc) is 2.36. The minimum atomic E-state index is 0.651. The quantitative estimate of drug-likeness (QED) is 0.766. The molecular weight excluding hydrogens is 162 g/mol. The van der Waals surface area contributed by atoms with Crippen LogP contribution in [-0.2, 0) is 6.42 Å². The summed E-state index contributed by atoms with van der Waals surface area (Å²) in [5, 5.41) is 6.55. The Morgan fingerprint density at radius 2 is 1.77 bits per heavy atom. The lowest BCUT2D eigenvalue weighted by Gasteiger charge is -1.97. The molecule has 0 unspecified atom stereocenters. The van der Waals surface area contributed by atoms with Gasteiger partial charge in [0, 0.05) is 6.42 Å². The topological polar surface area (TPSA) is 41.6 Å². The maximum Gasteiger partial charge on any atom is 0.137 e. The van der Waals surface area contributed by atoms with Gasteiger partial charge in [-0.15, -0.1) is 0 Å². The molecule has 3 heteroatoms. The third-order valence-electron chi connectivity index (χ3n) is 1.07. The van der Waals surface area contributed by atoms with E-state index in [9.17, 15) is 0 Å². The Hall–Kier alpha value is -0.860. The Morgan fingerprint density at radius 3 is 2.08 bits per heavy atom. The molecule has 76 valence electrons. The number of aromatic amines is 1. The summed E-state index contributed by atoms with van der Waals surface area (Å²) in [5.41, 5.74) is 0. The number of rotatable bonds is 2. The predicted molar refractivity (Wildman–Crippen MR) is 55.4 cm³/mol. The van der Waals surface area contributed by atoms with Gasteiger partial charge < -0.3 is 0 Å². The van der Waals surface area contributed by atoms with Crippen molar-refractivity contribution in [2.24, 2.45) is 11.8 Å². The van der Waals surface area contributed by atoms with Crippen LogP contribution in [0.3, 0.4) is 0 Å². The summed E-state index contributed by atoms with van der Waals surface area (Å²) in [4.78, 5) is 3.99. The molecule has 0 aliphatic carbocycles. The second kappa shape index (κ2) is 6.63. The monoisotopic (exact) mass is 183 g/mol. The molecule has 1 rings (SSSR count). The van der Waals surface area contributed by atoms with Crippen LogP contribution in [0.5, 0.6) is 0 Å². The molecule has 0 radical (unpaired) electrons. The van der Waals surface area contributed by atoms with Crippen LogP contribution in [0, 0.1) is 11.8 Å². The lowest BCUT2D eigenvalue weighted by atomic mass is 10.1. The van der Waals surface area contributed by atoms with Gasteiger partial charge in [-0.25, -0.2) is 4.98 Å². The van der Waals surface area contributed by atoms with Crippen LogP contribution in [-0.4, -0.2) is 15.2 Å². The highest BCUT2D eigenvalue weighted by Gasteiger charge is 1.97. The van der Waals surface area contributed by atoms with E-state index in [1.165, 1.54) is 6.33 Å². The van der Waals surface area contributed by atoms with Gasteiger partial charge in [-0.1, -0.05) is 34.6 Å². The molecule has 1 aromatic rings. The standard InChI is InChI=1S/C6H11N3.C4H10/c1-5(2)3-6-7-4-8-9-6;1-4(2)3/h4-5H,3H2,1-2H3,(H,7,8,9);4H,1-3H3. The molecule has 1 heterocycles. The molecule has 0 atom stereocenters. The zero-order chi connectivity index (χ0) is 10.3. The van der Waals surface area contributed by atoms with Crippen molar-refractivity contribution in [1.29, 1.82) is 0 Å². The molecule has 13 heavy (non-hydrogen) atoms. The molecule has 0 aliphatic rings. The number of aromatic nitrogens is 3. The van der Waals surface area contributed by atoms with E-state index in [-0.39, 0.29) is 0 Å². The molecule has 0 spiro atoms. The van der Waals surface area contributed by atoms with Crippen molar-refractivity contribution in [3.8, 4) is 0 Å². The number of nitrogens with zero attached hydrogens (tertiary/aromatic N) is 2. The number of nitrogens with one attached hydrogen (secondary N) is 1. The Balaban J connectivity index is 0.000000310. The smallest absolute Gasteiger partial charge is 0.137 e. The van der Waals surface area contributed by atoms with E-state index in [1.54, 1.807) is 0 Å². The maximum absolute atomic E-state index is 3.99. The van der Waals surface area contributed by atoms with Crippen LogP contribution < -0.4 is 0 Å². The minimum absolute atomic E-state index is 0.651. The van der Waals surface area contributed by atoms with Crippen LogP contribution in [0.2, 0.25) is 0 Å². The molecule has 0 saturated carbocycles. The molecule has 3 nitrogen and oxygen atoms in total. The van der Waals surface area contributed by atoms with Crippen LogP contribution in [0.15, 0.2) is 6.33 Å². The summed E-state index contributed by atoms with van der Waals surface area (Å²) in [7, 11) is 0. The van der Waals surface area contributed by atoms with Crippen molar-refractivity contribution in [3.63, 3.8) is 0 Å². The van der Waals surface area contributed by atoms with Crippen molar-refractivity contribution >= 4 is 0 Å². The molecule has 1 aromatic heterocycles. The van der Waals surface area contributed by atoms with Crippen LogP contribution in [0.4, 0.5) is 0 Å². The van der Waals surface area contributed by atoms with Crippen molar-refractivity contribution in [2.45, 2.75) is 41.0 Å². The Kier molecular flexibility index (Phi) is 6.20. The lowest BCUT2D eigenvalue weighted by molar-refractivity contribution is 0.622. The van der Waals surface area contributed by atoms with E-state index in [0.29, 0.717) is 5.92 Å². The summed E-state index contributed by atoms with van der Waals surface area (Å²) in [5.74, 6) is 2.46. The first-order valence-corrected chi connectivity index (χ1v) is 4.86. The number of hydrogen-bond donors (Lipinski definition) is 1. The third-order valence-corrected chi connectivity index (χ3v) is 1.07. The van der Waals surface area contributed by atoms with Gasteiger partial charge in [-0.3, -0.25) is 5.10 Å². The minimum Gasteiger partial charge on any atom is -0.263 e. The van der Waals surface area contributed by atoms with Gasteiger partial charge in [-0.05, 0) is 11.8 Å². The van der Waals surface area contributed by atoms with Gasteiger partial charge >= 0.3 is 0 Å². The summed E-state index contributed by atoms with van der Waals surface area (Å²) in [6, 6.07) is 0. The molecule has 0 fully saturated rings. The molecule has 0 aliphatic heterocycles. The van der Waals surface area contributed by atoms with Crippen LogP contribution in [0.25, 0.3) is 0 Å². The van der Waals surface area contributed by atoms with E-state index in [4.69, 9.17) is 0 Å². The Labute approximate surface area is 81.0 Å². The van der Waals surface area contributed by atoms with Gasteiger partial charge in [0.1, 0.15) is 12.2 Å². The Bertz CT molecular complexity index is 187. The highest BCUT2D eigenvalue weighted by Crippen LogP contribution is 1.99. The fourth-order valence-electron chi connectivity index (χ4n) is 0.716. The first-order valence-electron chi connectivity index (χ1n) is 4.86. The maximum atomic E-state index is 3.99. The first kappa shape index (κ1) is 12.1. The summed E-state index contributed by atoms with van der Waals surface area (Å²) < 4.78 is 0. The fraction of sp³-hybridized carbons (Fsp3) is 0.800. The summed E-state index contributed by atoms with van der Waals surface area (Å²) in [6.45, 7) is 10.8. The second-order valence-corrected chi connectivity index (χ2v) is 4.26. The molecular formula is C10H21N3. The predicted octanol–water partition coefficient (Wildman–Crippen LogP) is 2.67. The normalized spacial score (nSPS) is 10.1. The van der Waals surface area contributed by atoms with E-state index in [0.717, 1.165) is 18.2 Å². The van der Waals surface area contributed by atoms with E-state index < -0.39 is 0 Å². The van der Waals surface area contributed by atoms with E-state index in [2.05, 4.69) is 49.8 Å². The first-order chi connectivity index (χ1) is 6.02. The molecule has 0 aromatic carbocycles. The lowest BCUT2D eigenvalue weighted by Crippen LogP contribution is -1.95. The van der Waals surface area contributed by atoms with Crippen LogP contribution in [0.1, 0.15) is 40.4 Å². The van der Waals surface area contributed by atoms with Gasteiger partial charge in [0.25, 0.3) is 0 Å². The second-order valence-electron chi connectivity index (χ2n) is 4.26. The zero-order valence-electron chi connectivity index (χ0n) is 9.33. The fourth-order valence-corrected chi connectivity index (χ4v) is 0.716. The summed E-state index contributed by atoms with van der Waals surface area (Å²) >= 11 is 0. The third kappa shape index (κ3) is 9.05. The number of H-pyrrole nitrogens is 1. The SMILES string of the molecule is CC(C)C.CC(C)Cc1ncn[nH]1. The highest BCUT2D eigenvalue weighted by molar-refractivity contribution is 4.80. The van der Waals surface area contributed by atoms with Gasteiger partial charge in [0.2, 0.25) is 0 Å². The van der Waals surface area contributed by atoms with E-state index in [1.807, 2.05) is 0 Å². The van der Waals surface area contributed by atoms with Crippen molar-refractivity contribution in [2.75, 3.05) is 0 Å². The zero-order valence-corrected chi connectivity index (χ0v) is 9.33. The summed E-state index contributed by atoms with van der Waals surface area (Å²) in [6.07, 6.45) is 2.53. The van der Waals surface area contributed by atoms with E-state index >= 15 is 0 Å². The highest BCUT2D eigenvalue weighted by atomic mass is 15.2. The van der Waals surface area contributed by atoms with Crippen LogP contribution >= 0.6 is 0 Å². The molecule has 0 bridgehead atoms. The van der Waals surface area contributed by atoms with Gasteiger partial charge in [0.05, 0.1) is 0 Å². The van der Waals surface area contributed by atoms with Crippen molar-refractivity contribution < 1.29 is 0 Å². The van der Waals surface area contributed by atoms with Gasteiger partial charge in [0.15, 0.2) is 0 Å². The molecule has 0 amide bonds. The molecule has 1 N–H and O–H groups in total. The van der Waals surface area contributed by atoms with Crippen molar-refractivity contribution in [1.82, 2.24) is 15.2 Å². The number of hydrogen-bond acceptors (Lipinski definition) is 2. The van der Waals surface area contributed by atoms with Gasteiger partial charge in [-0.2, -0.15) is 5.10 Å². The largest absolute Gasteiger partial charge is 0.263 e. The average molecular weight is 183 g/mol.